The van der Waals surface area contributed by atoms with Gasteiger partial charge in [-0.15, -0.1) is 0 Å². The van der Waals surface area contributed by atoms with E-state index in [9.17, 15) is 4.79 Å². The third-order valence-corrected chi connectivity index (χ3v) is 10.5. The molecular formula is C32H39NO. The smallest absolute Gasteiger partial charge is 0.227 e. The average Bonchev–Trinajstić information content (AvgIpc) is 3.22. The van der Waals surface area contributed by atoms with Crippen LogP contribution in [0.15, 0.2) is 60.7 Å². The number of piperidine rings is 1. The first-order valence-corrected chi connectivity index (χ1v) is 13.4. The van der Waals surface area contributed by atoms with Crippen LogP contribution >= 0.6 is 0 Å². The fourth-order valence-electron chi connectivity index (χ4n) is 8.55. The van der Waals surface area contributed by atoms with Gasteiger partial charge in [-0.3, -0.25) is 4.79 Å². The number of carbonyl (C=O) groups excluding carboxylic acids is 1. The van der Waals surface area contributed by atoms with E-state index in [1.165, 1.54) is 36.0 Å². The van der Waals surface area contributed by atoms with Gasteiger partial charge in [0, 0.05) is 18.2 Å². The molecule has 2 aromatic rings. The van der Waals surface area contributed by atoms with Crippen molar-refractivity contribution in [1.29, 1.82) is 0 Å². The number of nitrogens with zero attached hydrogens (tertiary/aromatic N) is 1. The molecule has 3 aliphatic carbocycles. The predicted molar refractivity (Wildman–Crippen MR) is 140 cm³/mol. The van der Waals surface area contributed by atoms with Crippen molar-refractivity contribution in [3.63, 3.8) is 0 Å². The van der Waals surface area contributed by atoms with Crippen LogP contribution in [0.4, 0.5) is 5.69 Å². The van der Waals surface area contributed by atoms with Gasteiger partial charge in [-0.05, 0) is 98.1 Å². The maximum atomic E-state index is 13.5. The lowest BCUT2D eigenvalue weighted by atomic mass is 9.44. The normalized spacial score (nSPS) is 38.9. The summed E-state index contributed by atoms with van der Waals surface area (Å²) in [6, 6.07) is 18.3. The van der Waals surface area contributed by atoms with Crippen molar-refractivity contribution >= 4 is 11.6 Å². The highest BCUT2D eigenvalue weighted by Gasteiger charge is 2.61. The molecule has 1 aliphatic heterocycles. The first-order valence-electron chi connectivity index (χ1n) is 13.4. The summed E-state index contributed by atoms with van der Waals surface area (Å²) in [5.74, 6) is 2.89. The van der Waals surface area contributed by atoms with Crippen molar-refractivity contribution in [2.45, 2.75) is 78.2 Å². The molecule has 7 atom stereocenters. The number of carbonyl (C=O) groups is 1. The minimum absolute atomic E-state index is 0.175. The zero-order valence-electron chi connectivity index (χ0n) is 21.3. The van der Waals surface area contributed by atoms with Gasteiger partial charge in [0.15, 0.2) is 0 Å². The molecule has 34 heavy (non-hydrogen) atoms. The summed E-state index contributed by atoms with van der Waals surface area (Å²) in [6.45, 7) is 9.36. The van der Waals surface area contributed by atoms with Crippen LogP contribution in [0.3, 0.4) is 0 Å². The molecule has 2 aromatic carbocycles. The van der Waals surface area contributed by atoms with E-state index in [0.29, 0.717) is 35.5 Å². The van der Waals surface area contributed by atoms with E-state index >= 15 is 0 Å². The molecule has 0 radical (unpaired) electrons. The Hall–Kier alpha value is -2.35. The third-order valence-electron chi connectivity index (χ3n) is 10.5. The van der Waals surface area contributed by atoms with Crippen LogP contribution in [0.1, 0.15) is 75.0 Å². The number of allylic oxidation sites excluding steroid dienone is 2. The molecule has 0 N–H and O–H groups in total. The number of amides is 1. The number of benzene rings is 2. The van der Waals surface area contributed by atoms with Crippen LogP contribution in [0.25, 0.3) is 0 Å². The van der Waals surface area contributed by atoms with E-state index in [0.717, 1.165) is 24.4 Å². The van der Waals surface area contributed by atoms with E-state index in [4.69, 9.17) is 0 Å². The van der Waals surface area contributed by atoms with Crippen LogP contribution in [-0.2, 0) is 4.79 Å². The van der Waals surface area contributed by atoms with Gasteiger partial charge in [0.1, 0.15) is 0 Å². The molecule has 3 fully saturated rings. The second-order valence-electron chi connectivity index (χ2n) is 12.3. The number of aryl methyl sites for hydroxylation is 2. The highest BCUT2D eigenvalue weighted by Crippen LogP contribution is 2.66. The molecular weight excluding hydrogens is 414 g/mol. The molecule has 2 heteroatoms. The zero-order valence-corrected chi connectivity index (χ0v) is 21.3. The first-order chi connectivity index (χ1) is 16.3. The maximum Gasteiger partial charge on any atom is 0.227 e. The Morgan fingerprint density at radius 2 is 1.56 bits per heavy atom. The lowest BCUT2D eigenvalue weighted by Gasteiger charge is -2.64. The van der Waals surface area contributed by atoms with E-state index in [-0.39, 0.29) is 11.5 Å². The number of rotatable bonds is 2. The molecule has 178 valence electrons. The standard InChI is InChI=1S/C32H39NO/c1-21-7-11-23(12-8-21)25-20-28-32(4,27-15-18-31(3)17-5-6-26(31)30(25)27)19-16-29(34)33(28)24-13-9-22(2)10-14-24/h5,7-14,17,25-28,30H,6,15-16,18-20H2,1-4H3/t25?,26-,27+,28?,30-,31-,32+/m0/s1. The monoisotopic (exact) mass is 453 g/mol. The molecule has 0 spiro atoms. The van der Waals surface area contributed by atoms with Gasteiger partial charge in [-0.25, -0.2) is 0 Å². The largest absolute Gasteiger partial charge is 0.309 e. The lowest BCUT2D eigenvalue weighted by molar-refractivity contribution is -0.131. The molecule has 2 unspecified atom stereocenters. The second kappa shape index (κ2) is 7.83. The minimum atomic E-state index is 0.175. The van der Waals surface area contributed by atoms with Gasteiger partial charge in [0.2, 0.25) is 5.91 Å². The zero-order chi connectivity index (χ0) is 23.7. The van der Waals surface area contributed by atoms with Gasteiger partial charge in [0.25, 0.3) is 0 Å². The summed E-state index contributed by atoms with van der Waals surface area (Å²) in [6.07, 6.45) is 11.6. The van der Waals surface area contributed by atoms with Gasteiger partial charge in [-0.1, -0.05) is 73.5 Å². The Kier molecular flexibility index (Phi) is 5.10. The molecule has 6 rings (SSSR count). The number of hydrogen-bond donors (Lipinski definition) is 0. The van der Waals surface area contributed by atoms with Crippen molar-refractivity contribution in [3.8, 4) is 0 Å². The number of anilines is 1. The van der Waals surface area contributed by atoms with Crippen LogP contribution < -0.4 is 4.90 Å². The summed E-state index contributed by atoms with van der Waals surface area (Å²) in [5.41, 5.74) is 5.67. The van der Waals surface area contributed by atoms with Crippen molar-refractivity contribution < 1.29 is 4.79 Å². The lowest BCUT2D eigenvalue weighted by Crippen LogP contribution is -2.64. The number of fused-ring (bicyclic) bond motifs is 5. The van der Waals surface area contributed by atoms with Crippen LogP contribution in [0, 0.1) is 42.4 Å². The average molecular weight is 454 g/mol. The van der Waals surface area contributed by atoms with E-state index < -0.39 is 0 Å². The Labute approximate surface area is 205 Å². The Balaban J connectivity index is 1.47. The quantitative estimate of drug-likeness (QED) is 0.429. The summed E-state index contributed by atoms with van der Waals surface area (Å²) < 4.78 is 0. The first kappa shape index (κ1) is 22.1. The molecule has 0 aromatic heterocycles. The van der Waals surface area contributed by atoms with Gasteiger partial charge >= 0.3 is 0 Å². The molecule has 4 aliphatic rings. The molecule has 1 amide bonds. The maximum absolute atomic E-state index is 13.5. The Morgan fingerprint density at radius 1 is 0.882 bits per heavy atom. The summed E-state index contributed by atoms with van der Waals surface area (Å²) >= 11 is 0. The van der Waals surface area contributed by atoms with E-state index in [1.54, 1.807) is 0 Å². The predicted octanol–water partition coefficient (Wildman–Crippen LogP) is 7.60. The Morgan fingerprint density at radius 3 is 2.26 bits per heavy atom. The molecule has 0 bridgehead atoms. The fraction of sp³-hybridized carbons (Fsp3) is 0.531. The molecule has 1 heterocycles. The third kappa shape index (κ3) is 3.24. The highest BCUT2D eigenvalue weighted by molar-refractivity contribution is 5.95. The summed E-state index contributed by atoms with van der Waals surface area (Å²) in [7, 11) is 0. The van der Waals surface area contributed by atoms with Crippen LogP contribution in [0.2, 0.25) is 0 Å². The van der Waals surface area contributed by atoms with E-state index in [2.05, 4.69) is 93.3 Å². The fourth-order valence-corrected chi connectivity index (χ4v) is 8.55. The molecule has 2 saturated carbocycles. The van der Waals surface area contributed by atoms with Crippen molar-refractivity contribution in [3.05, 3.63) is 77.4 Å². The number of hydrogen-bond acceptors (Lipinski definition) is 1. The topological polar surface area (TPSA) is 20.3 Å². The van der Waals surface area contributed by atoms with Gasteiger partial charge in [0.05, 0.1) is 0 Å². The van der Waals surface area contributed by atoms with Crippen LogP contribution in [0.5, 0.6) is 0 Å². The highest BCUT2D eigenvalue weighted by atomic mass is 16.2. The van der Waals surface area contributed by atoms with Gasteiger partial charge < -0.3 is 4.90 Å². The SMILES string of the molecule is Cc1ccc(C2CC3N(c4ccc(C)cc4)C(=O)CC[C@]3(C)[C@@H]3CC[C@]4(C)C=CC[C@H]4[C@H]23)cc1. The van der Waals surface area contributed by atoms with Crippen molar-refractivity contribution in [2.24, 2.45) is 28.6 Å². The van der Waals surface area contributed by atoms with Gasteiger partial charge in [-0.2, -0.15) is 0 Å². The summed E-state index contributed by atoms with van der Waals surface area (Å²) in [4.78, 5) is 15.7. The van der Waals surface area contributed by atoms with Crippen molar-refractivity contribution in [2.75, 3.05) is 4.90 Å². The molecule has 2 nitrogen and oxygen atoms in total. The summed E-state index contributed by atoms with van der Waals surface area (Å²) in [5, 5.41) is 0. The second-order valence-corrected chi connectivity index (χ2v) is 12.3. The Bertz CT molecular complexity index is 1110. The minimum Gasteiger partial charge on any atom is -0.309 e. The van der Waals surface area contributed by atoms with Crippen LogP contribution in [-0.4, -0.2) is 11.9 Å². The molecule has 1 saturated heterocycles. The van der Waals surface area contributed by atoms with E-state index in [1.807, 2.05) is 0 Å². The van der Waals surface area contributed by atoms with Crippen molar-refractivity contribution in [1.82, 2.24) is 0 Å².